The van der Waals surface area contributed by atoms with Crippen LogP contribution in [-0.4, -0.2) is 55.0 Å². The van der Waals surface area contributed by atoms with E-state index in [1.54, 1.807) is 0 Å². The molecule has 3 N–H and O–H groups in total. The highest BCUT2D eigenvalue weighted by Crippen LogP contribution is 2.16. The number of aliphatic hydroxyl groups excluding tert-OH is 1. The first-order valence-corrected chi connectivity index (χ1v) is 5.86. The van der Waals surface area contributed by atoms with E-state index < -0.39 is 0 Å². The summed E-state index contributed by atoms with van der Waals surface area (Å²) in [6.07, 6.45) is 3.07. The Hall–Kier alpha value is -0.160. The SMILES string of the molecule is CCCC(N)C(CO)N(C)C1CCOC1. The molecule has 1 aliphatic heterocycles. The zero-order valence-electron chi connectivity index (χ0n) is 9.85. The number of nitrogens with two attached hydrogens (primary N) is 1. The van der Waals surface area contributed by atoms with E-state index >= 15 is 0 Å². The van der Waals surface area contributed by atoms with E-state index in [9.17, 15) is 5.11 Å². The molecular formula is C11H24N2O2. The second-order valence-electron chi connectivity index (χ2n) is 4.39. The lowest BCUT2D eigenvalue weighted by Gasteiger charge is -2.34. The van der Waals surface area contributed by atoms with Crippen LogP contribution in [0.1, 0.15) is 26.2 Å². The van der Waals surface area contributed by atoms with Crippen molar-refractivity contribution >= 4 is 0 Å². The molecule has 1 saturated heterocycles. The summed E-state index contributed by atoms with van der Waals surface area (Å²) in [6.45, 7) is 3.85. The van der Waals surface area contributed by atoms with Crippen molar-refractivity contribution in [2.75, 3.05) is 26.9 Å². The quantitative estimate of drug-likeness (QED) is 0.666. The van der Waals surface area contributed by atoms with E-state index in [1.165, 1.54) is 0 Å². The number of rotatable bonds is 6. The molecule has 3 atom stereocenters. The predicted molar refractivity (Wildman–Crippen MR) is 60.7 cm³/mol. The van der Waals surface area contributed by atoms with Gasteiger partial charge in [0.1, 0.15) is 0 Å². The Morgan fingerprint density at radius 1 is 1.60 bits per heavy atom. The van der Waals surface area contributed by atoms with Gasteiger partial charge in [-0.05, 0) is 19.9 Å². The standard InChI is InChI=1S/C11H24N2O2/c1-3-4-10(12)11(7-14)13(2)9-5-6-15-8-9/h9-11,14H,3-8,12H2,1-2H3. The van der Waals surface area contributed by atoms with Crippen molar-refractivity contribution in [3.05, 3.63) is 0 Å². The van der Waals surface area contributed by atoms with Crippen LogP contribution in [0.5, 0.6) is 0 Å². The maximum Gasteiger partial charge on any atom is 0.0622 e. The zero-order chi connectivity index (χ0) is 11.3. The summed E-state index contributed by atoms with van der Waals surface area (Å²) < 4.78 is 5.35. The third-order valence-electron chi connectivity index (χ3n) is 3.31. The Bertz CT molecular complexity index is 172. The minimum Gasteiger partial charge on any atom is -0.395 e. The van der Waals surface area contributed by atoms with Gasteiger partial charge in [-0.3, -0.25) is 4.90 Å². The van der Waals surface area contributed by atoms with Gasteiger partial charge in [0, 0.05) is 24.7 Å². The molecule has 0 saturated carbocycles. The first-order chi connectivity index (χ1) is 7.20. The Morgan fingerprint density at radius 2 is 2.33 bits per heavy atom. The van der Waals surface area contributed by atoms with Gasteiger partial charge < -0.3 is 15.6 Å². The van der Waals surface area contributed by atoms with Crippen molar-refractivity contribution in [3.63, 3.8) is 0 Å². The average molecular weight is 216 g/mol. The van der Waals surface area contributed by atoms with Crippen LogP contribution in [-0.2, 0) is 4.74 Å². The van der Waals surface area contributed by atoms with Crippen LogP contribution in [0.2, 0.25) is 0 Å². The monoisotopic (exact) mass is 216 g/mol. The molecule has 1 aliphatic rings. The zero-order valence-corrected chi connectivity index (χ0v) is 9.85. The van der Waals surface area contributed by atoms with Crippen molar-refractivity contribution in [3.8, 4) is 0 Å². The lowest BCUT2D eigenvalue weighted by atomic mass is 10.0. The van der Waals surface area contributed by atoms with Crippen molar-refractivity contribution in [2.24, 2.45) is 5.73 Å². The Morgan fingerprint density at radius 3 is 2.80 bits per heavy atom. The first kappa shape index (κ1) is 12.9. The van der Waals surface area contributed by atoms with Crippen LogP contribution in [0.25, 0.3) is 0 Å². The number of ether oxygens (including phenoxy) is 1. The van der Waals surface area contributed by atoms with E-state index in [0.29, 0.717) is 6.04 Å². The second-order valence-corrected chi connectivity index (χ2v) is 4.39. The molecule has 1 rings (SSSR count). The Kier molecular flexibility index (Phi) is 5.53. The van der Waals surface area contributed by atoms with Crippen LogP contribution < -0.4 is 5.73 Å². The molecule has 0 bridgehead atoms. The molecule has 0 aliphatic carbocycles. The highest BCUT2D eigenvalue weighted by atomic mass is 16.5. The lowest BCUT2D eigenvalue weighted by Crippen LogP contribution is -2.52. The first-order valence-electron chi connectivity index (χ1n) is 5.86. The van der Waals surface area contributed by atoms with Gasteiger partial charge in [0.2, 0.25) is 0 Å². The predicted octanol–water partition coefficient (Wildman–Crippen LogP) is 0.195. The minimum absolute atomic E-state index is 0.0607. The summed E-state index contributed by atoms with van der Waals surface area (Å²) in [5.41, 5.74) is 6.07. The van der Waals surface area contributed by atoms with Crippen LogP contribution in [0.3, 0.4) is 0 Å². The molecule has 15 heavy (non-hydrogen) atoms. The highest BCUT2D eigenvalue weighted by molar-refractivity contribution is 4.85. The van der Waals surface area contributed by atoms with Gasteiger partial charge in [-0.15, -0.1) is 0 Å². The van der Waals surface area contributed by atoms with Gasteiger partial charge in [0.15, 0.2) is 0 Å². The van der Waals surface area contributed by atoms with E-state index in [4.69, 9.17) is 10.5 Å². The fourth-order valence-electron chi connectivity index (χ4n) is 2.21. The van der Waals surface area contributed by atoms with Crippen molar-refractivity contribution in [1.82, 2.24) is 4.90 Å². The summed E-state index contributed by atoms with van der Waals surface area (Å²) in [4.78, 5) is 2.19. The molecule has 0 aromatic rings. The topological polar surface area (TPSA) is 58.7 Å². The van der Waals surface area contributed by atoms with Crippen LogP contribution in [0, 0.1) is 0 Å². The molecular weight excluding hydrogens is 192 g/mol. The summed E-state index contributed by atoms with van der Waals surface area (Å²) >= 11 is 0. The second kappa shape index (κ2) is 6.43. The highest BCUT2D eigenvalue weighted by Gasteiger charge is 2.29. The smallest absolute Gasteiger partial charge is 0.0622 e. The van der Waals surface area contributed by atoms with E-state index in [0.717, 1.165) is 32.5 Å². The summed E-state index contributed by atoms with van der Waals surface area (Å²) in [6, 6.07) is 0.548. The molecule has 1 heterocycles. The van der Waals surface area contributed by atoms with Crippen molar-refractivity contribution in [2.45, 2.75) is 44.3 Å². The van der Waals surface area contributed by atoms with E-state index in [1.807, 2.05) is 7.05 Å². The molecule has 90 valence electrons. The average Bonchev–Trinajstić information content (AvgIpc) is 2.71. The van der Waals surface area contributed by atoms with Gasteiger partial charge in [0.05, 0.1) is 13.2 Å². The van der Waals surface area contributed by atoms with Crippen LogP contribution in [0.15, 0.2) is 0 Å². The summed E-state index contributed by atoms with van der Waals surface area (Å²) in [5.74, 6) is 0. The molecule has 1 fully saturated rings. The molecule has 4 heteroatoms. The van der Waals surface area contributed by atoms with Crippen LogP contribution >= 0.6 is 0 Å². The molecule has 0 aromatic carbocycles. The maximum atomic E-state index is 9.39. The molecule has 3 unspecified atom stereocenters. The summed E-state index contributed by atoms with van der Waals surface area (Å²) in [7, 11) is 2.04. The molecule has 0 aromatic heterocycles. The Labute approximate surface area is 92.4 Å². The van der Waals surface area contributed by atoms with E-state index in [2.05, 4.69) is 11.8 Å². The number of likely N-dealkylation sites (N-methyl/N-ethyl adjacent to an activating group) is 1. The molecule has 0 spiro atoms. The number of hydrogen-bond acceptors (Lipinski definition) is 4. The van der Waals surface area contributed by atoms with Gasteiger partial charge >= 0.3 is 0 Å². The van der Waals surface area contributed by atoms with Crippen molar-refractivity contribution < 1.29 is 9.84 Å². The lowest BCUT2D eigenvalue weighted by molar-refractivity contribution is 0.0783. The van der Waals surface area contributed by atoms with Crippen LogP contribution in [0.4, 0.5) is 0 Å². The third-order valence-corrected chi connectivity index (χ3v) is 3.31. The van der Waals surface area contributed by atoms with E-state index in [-0.39, 0.29) is 18.7 Å². The fourth-order valence-corrected chi connectivity index (χ4v) is 2.21. The maximum absolute atomic E-state index is 9.39. The number of aliphatic hydroxyl groups is 1. The minimum atomic E-state index is 0.0607. The number of nitrogens with zero attached hydrogens (tertiary/aromatic N) is 1. The third kappa shape index (κ3) is 3.41. The molecule has 0 radical (unpaired) electrons. The normalized spacial score (nSPS) is 25.8. The summed E-state index contributed by atoms with van der Waals surface area (Å²) in [5, 5.41) is 9.39. The molecule has 4 nitrogen and oxygen atoms in total. The van der Waals surface area contributed by atoms with Gasteiger partial charge in [-0.1, -0.05) is 13.3 Å². The van der Waals surface area contributed by atoms with Crippen molar-refractivity contribution in [1.29, 1.82) is 0 Å². The Balaban J connectivity index is 2.48. The van der Waals surface area contributed by atoms with Gasteiger partial charge in [-0.2, -0.15) is 0 Å². The molecule has 0 amide bonds. The number of hydrogen-bond donors (Lipinski definition) is 2. The van der Waals surface area contributed by atoms with Gasteiger partial charge in [0.25, 0.3) is 0 Å². The van der Waals surface area contributed by atoms with Gasteiger partial charge in [-0.25, -0.2) is 0 Å². The fraction of sp³-hybridized carbons (Fsp3) is 1.00. The largest absolute Gasteiger partial charge is 0.395 e.